The van der Waals surface area contributed by atoms with Crippen molar-refractivity contribution in [2.75, 3.05) is 19.8 Å². The van der Waals surface area contributed by atoms with E-state index in [0.29, 0.717) is 12.3 Å². The topological polar surface area (TPSA) is 68.3 Å². The molecule has 18 heavy (non-hydrogen) atoms. The van der Waals surface area contributed by atoms with Gasteiger partial charge in [-0.15, -0.1) is 0 Å². The zero-order valence-corrected chi connectivity index (χ0v) is 10.5. The number of nitrogens with one attached hydrogen (secondary N) is 1. The van der Waals surface area contributed by atoms with Crippen molar-refractivity contribution in [2.24, 2.45) is 11.7 Å². The molecule has 0 radical (unpaired) electrons. The van der Waals surface area contributed by atoms with E-state index in [1.807, 2.05) is 24.3 Å². The van der Waals surface area contributed by atoms with Crippen LogP contribution in [0.25, 0.3) is 0 Å². The van der Waals surface area contributed by atoms with Gasteiger partial charge in [-0.25, -0.2) is 0 Å². The maximum Gasteiger partial charge on any atom is 0.119 e. The number of amidine groups is 1. The minimum absolute atomic E-state index is 0.186. The lowest BCUT2D eigenvalue weighted by atomic mass is 10.0. The molecular weight excluding hydrogens is 228 g/mol. The summed E-state index contributed by atoms with van der Waals surface area (Å²) in [7, 11) is 0. The molecule has 0 spiro atoms. The fourth-order valence-corrected chi connectivity index (χ4v) is 2.05. The quantitative estimate of drug-likeness (QED) is 0.618. The van der Waals surface area contributed by atoms with Gasteiger partial charge >= 0.3 is 0 Å². The number of benzene rings is 1. The lowest BCUT2D eigenvalue weighted by molar-refractivity contribution is 0.0497. The SMILES string of the molecule is N=C(N)Cc1ccc(OCC2CCOCC2)cc1. The van der Waals surface area contributed by atoms with Gasteiger partial charge in [-0.05, 0) is 36.5 Å². The second kappa shape index (κ2) is 6.40. The van der Waals surface area contributed by atoms with Gasteiger partial charge in [0.1, 0.15) is 5.75 Å². The molecule has 0 atom stereocenters. The number of nitrogens with two attached hydrogens (primary N) is 1. The summed E-state index contributed by atoms with van der Waals surface area (Å²) < 4.78 is 11.1. The first-order valence-corrected chi connectivity index (χ1v) is 6.36. The highest BCUT2D eigenvalue weighted by molar-refractivity contribution is 5.79. The van der Waals surface area contributed by atoms with Crippen molar-refractivity contribution in [1.82, 2.24) is 0 Å². The molecule has 0 aromatic heterocycles. The number of hydrogen-bond donors (Lipinski definition) is 2. The predicted octanol–water partition coefficient (Wildman–Crippen LogP) is 1.97. The molecular formula is C14H20N2O2. The first-order chi connectivity index (χ1) is 8.74. The molecule has 4 nitrogen and oxygen atoms in total. The van der Waals surface area contributed by atoms with E-state index in [9.17, 15) is 0 Å². The summed E-state index contributed by atoms with van der Waals surface area (Å²) in [5, 5.41) is 7.24. The molecule has 1 aliphatic heterocycles. The first kappa shape index (κ1) is 12.9. The molecule has 0 bridgehead atoms. The molecule has 0 unspecified atom stereocenters. The Balaban J connectivity index is 1.80. The van der Waals surface area contributed by atoms with Gasteiger partial charge in [-0.1, -0.05) is 12.1 Å². The molecule has 1 aromatic carbocycles. The van der Waals surface area contributed by atoms with Crippen LogP contribution in [0.15, 0.2) is 24.3 Å². The minimum atomic E-state index is 0.186. The van der Waals surface area contributed by atoms with Gasteiger partial charge in [0.05, 0.1) is 12.4 Å². The molecule has 1 saturated heterocycles. The zero-order chi connectivity index (χ0) is 12.8. The van der Waals surface area contributed by atoms with Crippen LogP contribution < -0.4 is 10.5 Å². The van der Waals surface area contributed by atoms with Crippen LogP contribution in [-0.2, 0) is 11.2 Å². The van der Waals surface area contributed by atoms with Crippen LogP contribution in [-0.4, -0.2) is 25.7 Å². The summed E-state index contributed by atoms with van der Waals surface area (Å²) in [6.45, 7) is 2.46. The molecule has 98 valence electrons. The third-order valence-electron chi connectivity index (χ3n) is 3.14. The van der Waals surface area contributed by atoms with Crippen LogP contribution >= 0.6 is 0 Å². The summed E-state index contributed by atoms with van der Waals surface area (Å²) in [5.41, 5.74) is 6.40. The second-order valence-electron chi connectivity index (χ2n) is 4.71. The Labute approximate surface area is 108 Å². The molecule has 0 amide bonds. The van der Waals surface area contributed by atoms with E-state index in [4.69, 9.17) is 20.6 Å². The molecule has 2 rings (SSSR count). The Bertz CT molecular complexity index is 383. The average Bonchev–Trinajstić information content (AvgIpc) is 2.38. The van der Waals surface area contributed by atoms with Crippen molar-refractivity contribution in [3.63, 3.8) is 0 Å². The third kappa shape index (κ3) is 4.04. The van der Waals surface area contributed by atoms with Crippen molar-refractivity contribution in [2.45, 2.75) is 19.3 Å². The Morgan fingerprint density at radius 3 is 2.56 bits per heavy atom. The number of ether oxygens (including phenoxy) is 2. The van der Waals surface area contributed by atoms with Gasteiger partial charge in [-0.3, -0.25) is 5.41 Å². The van der Waals surface area contributed by atoms with Crippen molar-refractivity contribution < 1.29 is 9.47 Å². The standard InChI is InChI=1S/C14H20N2O2/c15-14(16)9-11-1-3-13(4-2-11)18-10-12-5-7-17-8-6-12/h1-4,12H,5-10H2,(H3,15,16). The molecule has 3 N–H and O–H groups in total. The molecule has 1 heterocycles. The van der Waals surface area contributed by atoms with E-state index in [0.717, 1.165) is 44.0 Å². The lowest BCUT2D eigenvalue weighted by Crippen LogP contribution is -2.21. The van der Waals surface area contributed by atoms with Crippen LogP contribution in [0.3, 0.4) is 0 Å². The highest BCUT2D eigenvalue weighted by atomic mass is 16.5. The molecule has 1 aliphatic rings. The van der Waals surface area contributed by atoms with Crippen LogP contribution in [0, 0.1) is 11.3 Å². The highest BCUT2D eigenvalue weighted by Crippen LogP contribution is 2.18. The van der Waals surface area contributed by atoms with Crippen molar-refractivity contribution in [3.05, 3.63) is 29.8 Å². The number of hydrogen-bond acceptors (Lipinski definition) is 3. The largest absolute Gasteiger partial charge is 0.493 e. The maximum atomic E-state index is 7.24. The molecule has 1 aromatic rings. The number of rotatable bonds is 5. The summed E-state index contributed by atoms with van der Waals surface area (Å²) in [6, 6.07) is 7.80. The van der Waals surface area contributed by atoms with Crippen LogP contribution in [0.4, 0.5) is 0 Å². The Morgan fingerprint density at radius 1 is 1.28 bits per heavy atom. The summed E-state index contributed by atoms with van der Waals surface area (Å²) >= 11 is 0. The van der Waals surface area contributed by atoms with E-state index < -0.39 is 0 Å². The van der Waals surface area contributed by atoms with Crippen LogP contribution in [0.2, 0.25) is 0 Å². The summed E-state index contributed by atoms with van der Waals surface area (Å²) in [4.78, 5) is 0. The Hall–Kier alpha value is -1.55. The first-order valence-electron chi connectivity index (χ1n) is 6.36. The van der Waals surface area contributed by atoms with E-state index in [1.165, 1.54) is 0 Å². The van der Waals surface area contributed by atoms with E-state index in [2.05, 4.69) is 0 Å². The van der Waals surface area contributed by atoms with Gasteiger partial charge in [0.2, 0.25) is 0 Å². The van der Waals surface area contributed by atoms with Crippen LogP contribution in [0.1, 0.15) is 18.4 Å². The molecule has 1 fully saturated rings. The Morgan fingerprint density at radius 2 is 1.94 bits per heavy atom. The van der Waals surface area contributed by atoms with Crippen LogP contribution in [0.5, 0.6) is 5.75 Å². The van der Waals surface area contributed by atoms with Gasteiger partial charge in [0.15, 0.2) is 0 Å². The van der Waals surface area contributed by atoms with E-state index in [1.54, 1.807) is 0 Å². The summed E-state index contributed by atoms with van der Waals surface area (Å²) in [6.07, 6.45) is 2.67. The van der Waals surface area contributed by atoms with Gasteiger partial charge in [0.25, 0.3) is 0 Å². The highest BCUT2D eigenvalue weighted by Gasteiger charge is 2.14. The minimum Gasteiger partial charge on any atom is -0.493 e. The molecule has 0 aliphatic carbocycles. The maximum absolute atomic E-state index is 7.24. The fraction of sp³-hybridized carbons (Fsp3) is 0.500. The monoisotopic (exact) mass is 248 g/mol. The summed E-state index contributed by atoms with van der Waals surface area (Å²) in [5.74, 6) is 1.68. The smallest absolute Gasteiger partial charge is 0.119 e. The van der Waals surface area contributed by atoms with Crippen molar-refractivity contribution in [1.29, 1.82) is 5.41 Å². The Kier molecular flexibility index (Phi) is 4.59. The van der Waals surface area contributed by atoms with Crippen molar-refractivity contribution >= 4 is 5.84 Å². The molecule has 0 saturated carbocycles. The van der Waals surface area contributed by atoms with Gasteiger partial charge < -0.3 is 15.2 Å². The molecule has 4 heteroatoms. The van der Waals surface area contributed by atoms with Gasteiger partial charge in [-0.2, -0.15) is 0 Å². The zero-order valence-electron chi connectivity index (χ0n) is 10.5. The second-order valence-corrected chi connectivity index (χ2v) is 4.71. The van der Waals surface area contributed by atoms with E-state index in [-0.39, 0.29) is 5.84 Å². The average molecular weight is 248 g/mol. The predicted molar refractivity (Wildman–Crippen MR) is 71.1 cm³/mol. The third-order valence-corrected chi connectivity index (χ3v) is 3.14. The van der Waals surface area contributed by atoms with Crippen molar-refractivity contribution in [3.8, 4) is 5.75 Å². The fourth-order valence-electron chi connectivity index (χ4n) is 2.05. The van der Waals surface area contributed by atoms with E-state index >= 15 is 0 Å². The van der Waals surface area contributed by atoms with Gasteiger partial charge in [0, 0.05) is 19.6 Å². The normalized spacial score (nSPS) is 16.4. The lowest BCUT2D eigenvalue weighted by Gasteiger charge is -2.22.